The highest BCUT2D eigenvalue weighted by Crippen LogP contribution is 2.33. The maximum Gasteiger partial charge on any atom is -0.00552 e. The second-order valence-corrected chi connectivity index (χ2v) is 6.03. The highest BCUT2D eigenvalue weighted by molar-refractivity contribution is 5.65. The lowest BCUT2D eigenvalue weighted by Gasteiger charge is -2.22. The van der Waals surface area contributed by atoms with Gasteiger partial charge in [0.1, 0.15) is 0 Å². The maximum absolute atomic E-state index is 2.42. The normalized spacial score (nSPS) is 19.7. The van der Waals surface area contributed by atoms with Gasteiger partial charge in [0.25, 0.3) is 0 Å². The summed E-state index contributed by atoms with van der Waals surface area (Å²) in [5.41, 5.74) is 6.39. The van der Waals surface area contributed by atoms with Crippen molar-refractivity contribution >= 4 is 6.08 Å². The number of allylic oxidation sites excluding steroid dienone is 1. The summed E-state index contributed by atoms with van der Waals surface area (Å²) in [6.07, 6.45) is 13.5. The van der Waals surface area contributed by atoms with Gasteiger partial charge in [-0.1, -0.05) is 68.9 Å². The van der Waals surface area contributed by atoms with E-state index in [4.69, 9.17) is 0 Å². The number of hydrogen-bond donors (Lipinski definition) is 0. The summed E-state index contributed by atoms with van der Waals surface area (Å²) in [7, 11) is 0. The van der Waals surface area contributed by atoms with Crippen molar-refractivity contribution in [2.45, 2.75) is 58.3 Å². The van der Waals surface area contributed by atoms with E-state index in [1.165, 1.54) is 56.9 Å². The molecule has 1 aromatic carbocycles. The van der Waals surface area contributed by atoms with E-state index in [9.17, 15) is 0 Å². The van der Waals surface area contributed by atoms with E-state index in [0.29, 0.717) is 0 Å². The highest BCUT2D eigenvalue weighted by Gasteiger charge is 2.19. The quantitative estimate of drug-likeness (QED) is 0.684. The van der Waals surface area contributed by atoms with Crippen molar-refractivity contribution in [3.8, 4) is 0 Å². The van der Waals surface area contributed by atoms with Gasteiger partial charge in [0.2, 0.25) is 0 Å². The smallest absolute Gasteiger partial charge is 0.00552 e. The SMILES string of the molecule is CCC1=Cc2cccc(CC3CCCCC3)c2C1. The summed E-state index contributed by atoms with van der Waals surface area (Å²) in [6, 6.07) is 6.92. The molecule has 1 fully saturated rings. The molecule has 0 atom stereocenters. The lowest BCUT2D eigenvalue weighted by molar-refractivity contribution is 0.356. The average Bonchev–Trinajstić information content (AvgIpc) is 2.84. The van der Waals surface area contributed by atoms with E-state index in [1.807, 2.05) is 0 Å². The molecule has 0 spiro atoms. The zero-order valence-corrected chi connectivity index (χ0v) is 11.5. The van der Waals surface area contributed by atoms with E-state index in [-0.39, 0.29) is 0 Å². The molecule has 0 saturated heterocycles. The third-order valence-corrected chi connectivity index (χ3v) is 4.76. The van der Waals surface area contributed by atoms with Crippen LogP contribution in [0.3, 0.4) is 0 Å². The molecule has 96 valence electrons. The van der Waals surface area contributed by atoms with Gasteiger partial charge in [-0.05, 0) is 41.9 Å². The Morgan fingerprint density at radius 1 is 1.11 bits per heavy atom. The first-order valence-electron chi connectivity index (χ1n) is 7.67. The van der Waals surface area contributed by atoms with Crippen molar-refractivity contribution in [1.82, 2.24) is 0 Å². The number of rotatable bonds is 3. The fraction of sp³-hybridized carbons (Fsp3) is 0.556. The van der Waals surface area contributed by atoms with Crippen LogP contribution >= 0.6 is 0 Å². The van der Waals surface area contributed by atoms with Gasteiger partial charge >= 0.3 is 0 Å². The highest BCUT2D eigenvalue weighted by atomic mass is 14.2. The standard InChI is InChI=1S/C18H24/c1-2-14-11-16-9-6-10-17(18(16)13-14)12-15-7-4-3-5-8-15/h6,9-11,15H,2-5,7-8,12-13H2,1H3. The van der Waals surface area contributed by atoms with E-state index in [2.05, 4.69) is 31.2 Å². The maximum atomic E-state index is 2.42. The van der Waals surface area contributed by atoms with Gasteiger partial charge < -0.3 is 0 Å². The monoisotopic (exact) mass is 240 g/mol. The Morgan fingerprint density at radius 2 is 1.94 bits per heavy atom. The first-order chi connectivity index (χ1) is 8.86. The average molecular weight is 240 g/mol. The predicted molar refractivity (Wildman–Crippen MR) is 78.7 cm³/mol. The van der Waals surface area contributed by atoms with Crippen LogP contribution in [0, 0.1) is 5.92 Å². The Kier molecular flexibility index (Phi) is 3.54. The van der Waals surface area contributed by atoms with Gasteiger partial charge in [-0.25, -0.2) is 0 Å². The molecule has 0 amide bonds. The fourth-order valence-corrected chi connectivity index (χ4v) is 3.62. The Labute approximate surface area is 111 Å². The first kappa shape index (κ1) is 12.0. The van der Waals surface area contributed by atoms with Crippen LogP contribution in [0.25, 0.3) is 6.08 Å². The Balaban J connectivity index is 1.77. The number of hydrogen-bond acceptors (Lipinski definition) is 0. The van der Waals surface area contributed by atoms with Crippen molar-refractivity contribution in [3.63, 3.8) is 0 Å². The first-order valence-corrected chi connectivity index (χ1v) is 7.67. The molecule has 0 nitrogen and oxygen atoms in total. The molecular formula is C18H24. The molecule has 0 heteroatoms. The van der Waals surface area contributed by atoms with Crippen molar-refractivity contribution in [2.24, 2.45) is 5.92 Å². The third kappa shape index (κ3) is 2.39. The van der Waals surface area contributed by atoms with Gasteiger partial charge in [-0.3, -0.25) is 0 Å². The zero-order chi connectivity index (χ0) is 12.4. The lowest BCUT2D eigenvalue weighted by Crippen LogP contribution is -2.10. The summed E-state index contributed by atoms with van der Waals surface area (Å²) in [6.45, 7) is 2.28. The minimum Gasteiger partial charge on any atom is -0.0655 e. The Morgan fingerprint density at radius 3 is 2.72 bits per heavy atom. The second-order valence-electron chi connectivity index (χ2n) is 6.03. The van der Waals surface area contributed by atoms with Crippen LogP contribution in [-0.2, 0) is 12.8 Å². The molecule has 0 heterocycles. The summed E-state index contributed by atoms with van der Waals surface area (Å²) < 4.78 is 0. The molecule has 0 radical (unpaired) electrons. The van der Waals surface area contributed by atoms with Crippen molar-refractivity contribution in [3.05, 3.63) is 40.5 Å². The van der Waals surface area contributed by atoms with Crippen molar-refractivity contribution < 1.29 is 0 Å². The Hall–Kier alpha value is -1.04. The second kappa shape index (κ2) is 5.30. The van der Waals surface area contributed by atoms with Gasteiger partial charge in [-0.15, -0.1) is 0 Å². The van der Waals surface area contributed by atoms with E-state index in [1.54, 1.807) is 16.7 Å². The van der Waals surface area contributed by atoms with Crippen LogP contribution in [0.15, 0.2) is 23.8 Å². The molecule has 1 saturated carbocycles. The van der Waals surface area contributed by atoms with Crippen LogP contribution in [-0.4, -0.2) is 0 Å². The molecule has 0 bridgehead atoms. The van der Waals surface area contributed by atoms with Crippen LogP contribution < -0.4 is 0 Å². The van der Waals surface area contributed by atoms with Crippen molar-refractivity contribution in [2.75, 3.05) is 0 Å². The van der Waals surface area contributed by atoms with Gasteiger partial charge in [0.05, 0.1) is 0 Å². The topological polar surface area (TPSA) is 0 Å². The summed E-state index contributed by atoms with van der Waals surface area (Å²) in [5, 5.41) is 0. The van der Waals surface area contributed by atoms with Crippen LogP contribution in [0.5, 0.6) is 0 Å². The number of fused-ring (bicyclic) bond motifs is 1. The molecule has 0 unspecified atom stereocenters. The third-order valence-electron chi connectivity index (χ3n) is 4.76. The summed E-state index contributed by atoms with van der Waals surface area (Å²) in [5.74, 6) is 0.955. The van der Waals surface area contributed by atoms with Crippen LogP contribution in [0.2, 0.25) is 0 Å². The molecular weight excluding hydrogens is 216 g/mol. The minimum atomic E-state index is 0.955. The largest absolute Gasteiger partial charge is 0.0655 e. The molecule has 1 aromatic rings. The Bertz CT molecular complexity index is 447. The molecule has 0 N–H and O–H groups in total. The van der Waals surface area contributed by atoms with Crippen LogP contribution in [0.4, 0.5) is 0 Å². The summed E-state index contributed by atoms with van der Waals surface area (Å²) in [4.78, 5) is 0. The minimum absolute atomic E-state index is 0.955. The molecule has 18 heavy (non-hydrogen) atoms. The molecule has 2 aliphatic carbocycles. The van der Waals surface area contributed by atoms with Gasteiger partial charge in [0.15, 0.2) is 0 Å². The van der Waals surface area contributed by atoms with E-state index >= 15 is 0 Å². The zero-order valence-electron chi connectivity index (χ0n) is 11.5. The van der Waals surface area contributed by atoms with Gasteiger partial charge in [-0.2, -0.15) is 0 Å². The molecule has 0 aromatic heterocycles. The van der Waals surface area contributed by atoms with E-state index < -0.39 is 0 Å². The van der Waals surface area contributed by atoms with Gasteiger partial charge in [0, 0.05) is 0 Å². The van der Waals surface area contributed by atoms with Crippen LogP contribution in [0.1, 0.15) is 62.1 Å². The summed E-state index contributed by atoms with van der Waals surface area (Å²) >= 11 is 0. The predicted octanol–water partition coefficient (Wildman–Crippen LogP) is 5.16. The fourth-order valence-electron chi connectivity index (χ4n) is 3.62. The molecule has 2 aliphatic rings. The number of benzene rings is 1. The van der Waals surface area contributed by atoms with E-state index in [0.717, 1.165) is 5.92 Å². The lowest BCUT2D eigenvalue weighted by atomic mass is 9.83. The van der Waals surface area contributed by atoms with Crippen molar-refractivity contribution in [1.29, 1.82) is 0 Å². The molecule has 0 aliphatic heterocycles. The molecule has 3 rings (SSSR count).